The quantitative estimate of drug-likeness (QED) is 0.857. The van der Waals surface area contributed by atoms with E-state index in [-0.39, 0.29) is 18.3 Å². The Morgan fingerprint density at radius 3 is 2.69 bits per heavy atom. The van der Waals surface area contributed by atoms with E-state index in [2.05, 4.69) is 15.0 Å². The third kappa shape index (κ3) is 2.44. The van der Waals surface area contributed by atoms with Crippen molar-refractivity contribution in [3.63, 3.8) is 0 Å². The molecule has 1 heterocycles. The van der Waals surface area contributed by atoms with E-state index in [1.807, 2.05) is 0 Å². The van der Waals surface area contributed by atoms with E-state index in [9.17, 15) is 9.18 Å². The third-order valence-electron chi connectivity index (χ3n) is 2.03. The van der Waals surface area contributed by atoms with Crippen molar-refractivity contribution < 1.29 is 13.7 Å². The summed E-state index contributed by atoms with van der Waals surface area (Å²) >= 11 is 0. The minimum atomic E-state index is -0.368. The molecular weight excluding hydrogens is 211 g/mol. The van der Waals surface area contributed by atoms with Crippen molar-refractivity contribution in [1.29, 1.82) is 0 Å². The molecule has 2 aromatic rings. The van der Waals surface area contributed by atoms with Gasteiger partial charge in [-0.3, -0.25) is 4.79 Å². The van der Waals surface area contributed by atoms with E-state index in [0.29, 0.717) is 11.3 Å². The smallest absolute Gasteiger partial charge is 0.251 e. The van der Waals surface area contributed by atoms with Gasteiger partial charge in [-0.2, -0.15) is 0 Å². The third-order valence-corrected chi connectivity index (χ3v) is 2.03. The van der Waals surface area contributed by atoms with Crippen molar-refractivity contribution in [2.75, 3.05) is 0 Å². The van der Waals surface area contributed by atoms with Gasteiger partial charge in [0.1, 0.15) is 17.8 Å². The summed E-state index contributed by atoms with van der Waals surface area (Å²) in [6.45, 7) is 0.284. The summed E-state index contributed by atoms with van der Waals surface area (Å²) in [7, 11) is 0. The number of hydrogen-bond acceptors (Lipinski definition) is 3. The van der Waals surface area contributed by atoms with E-state index in [4.69, 9.17) is 0 Å². The van der Waals surface area contributed by atoms with E-state index in [0.717, 1.165) is 0 Å². The lowest BCUT2D eigenvalue weighted by Gasteiger charge is -2.02. The number of nitrogens with zero attached hydrogens (tertiary/aromatic N) is 1. The SMILES string of the molecule is O=C(NCc1ccon1)c1ccc(F)cc1. The van der Waals surface area contributed by atoms with E-state index < -0.39 is 0 Å². The summed E-state index contributed by atoms with van der Waals surface area (Å²) < 4.78 is 17.2. The number of amides is 1. The van der Waals surface area contributed by atoms with Gasteiger partial charge in [-0.25, -0.2) is 4.39 Å². The second kappa shape index (κ2) is 4.57. The van der Waals surface area contributed by atoms with Crippen molar-refractivity contribution in [2.24, 2.45) is 0 Å². The lowest BCUT2D eigenvalue weighted by Crippen LogP contribution is -2.22. The first kappa shape index (κ1) is 10.4. The summed E-state index contributed by atoms with van der Waals surface area (Å²) in [5.74, 6) is -0.643. The molecule has 0 aliphatic heterocycles. The highest BCUT2D eigenvalue weighted by atomic mass is 19.1. The Bertz CT molecular complexity index is 465. The first-order chi connectivity index (χ1) is 7.75. The van der Waals surface area contributed by atoms with Crippen LogP contribution in [-0.2, 0) is 6.54 Å². The van der Waals surface area contributed by atoms with Gasteiger partial charge in [0.25, 0.3) is 5.91 Å². The molecule has 82 valence electrons. The van der Waals surface area contributed by atoms with Gasteiger partial charge in [-0.05, 0) is 24.3 Å². The zero-order valence-corrected chi connectivity index (χ0v) is 8.31. The van der Waals surface area contributed by atoms with Gasteiger partial charge in [0, 0.05) is 11.6 Å². The monoisotopic (exact) mass is 220 g/mol. The first-order valence-corrected chi connectivity index (χ1v) is 4.69. The predicted octanol–water partition coefficient (Wildman–Crippen LogP) is 1.74. The Morgan fingerprint density at radius 2 is 2.06 bits per heavy atom. The molecule has 0 unspecified atom stereocenters. The fraction of sp³-hybridized carbons (Fsp3) is 0.0909. The van der Waals surface area contributed by atoms with Gasteiger partial charge in [0.2, 0.25) is 0 Å². The molecule has 0 spiro atoms. The van der Waals surface area contributed by atoms with Crippen LogP contribution in [0.4, 0.5) is 4.39 Å². The Kier molecular flexibility index (Phi) is 2.95. The van der Waals surface area contributed by atoms with Crippen LogP contribution in [0.1, 0.15) is 16.1 Å². The Hall–Kier alpha value is -2.17. The summed E-state index contributed by atoms with van der Waals surface area (Å²) in [5, 5.41) is 6.28. The first-order valence-electron chi connectivity index (χ1n) is 4.69. The number of halogens is 1. The highest BCUT2D eigenvalue weighted by Crippen LogP contribution is 2.03. The summed E-state index contributed by atoms with van der Waals surface area (Å²) in [6.07, 6.45) is 1.43. The molecule has 0 aliphatic carbocycles. The fourth-order valence-electron chi connectivity index (χ4n) is 1.20. The largest absolute Gasteiger partial charge is 0.364 e. The number of rotatable bonds is 3. The van der Waals surface area contributed by atoms with Gasteiger partial charge in [-0.15, -0.1) is 0 Å². The molecule has 0 fully saturated rings. The van der Waals surface area contributed by atoms with Crippen molar-refractivity contribution in [3.8, 4) is 0 Å². The minimum absolute atomic E-state index is 0.275. The Morgan fingerprint density at radius 1 is 1.31 bits per heavy atom. The maximum absolute atomic E-state index is 12.6. The average Bonchev–Trinajstić information content (AvgIpc) is 2.80. The van der Waals surface area contributed by atoms with Crippen LogP contribution in [0.15, 0.2) is 41.1 Å². The molecule has 0 aliphatic rings. The van der Waals surface area contributed by atoms with Crippen LogP contribution in [-0.4, -0.2) is 11.1 Å². The Balaban J connectivity index is 1.95. The zero-order valence-electron chi connectivity index (χ0n) is 8.31. The molecule has 1 aromatic carbocycles. The Labute approximate surface area is 91.1 Å². The van der Waals surface area contributed by atoms with Crippen molar-refractivity contribution >= 4 is 5.91 Å². The van der Waals surface area contributed by atoms with Gasteiger partial charge < -0.3 is 9.84 Å². The highest BCUT2D eigenvalue weighted by Gasteiger charge is 2.05. The second-order valence-electron chi connectivity index (χ2n) is 3.18. The number of hydrogen-bond donors (Lipinski definition) is 1. The number of carbonyl (C=O) groups excluding carboxylic acids is 1. The molecule has 0 saturated heterocycles. The van der Waals surface area contributed by atoms with Crippen LogP contribution in [0.2, 0.25) is 0 Å². The van der Waals surface area contributed by atoms with Crippen molar-refractivity contribution in [2.45, 2.75) is 6.54 Å². The summed E-state index contributed by atoms with van der Waals surface area (Å²) in [5.41, 5.74) is 1.04. The molecule has 5 heteroatoms. The summed E-state index contributed by atoms with van der Waals surface area (Å²) in [6, 6.07) is 6.99. The maximum atomic E-state index is 12.6. The molecule has 1 aromatic heterocycles. The molecule has 0 atom stereocenters. The average molecular weight is 220 g/mol. The van der Waals surface area contributed by atoms with Gasteiger partial charge >= 0.3 is 0 Å². The topological polar surface area (TPSA) is 55.1 Å². The lowest BCUT2D eigenvalue weighted by atomic mass is 10.2. The molecule has 1 N–H and O–H groups in total. The van der Waals surface area contributed by atoms with Crippen LogP contribution >= 0.6 is 0 Å². The van der Waals surface area contributed by atoms with Gasteiger partial charge in [-0.1, -0.05) is 5.16 Å². The number of aromatic nitrogens is 1. The summed E-state index contributed by atoms with van der Waals surface area (Å²) in [4.78, 5) is 11.6. The molecule has 4 nitrogen and oxygen atoms in total. The highest BCUT2D eigenvalue weighted by molar-refractivity contribution is 5.94. The standard InChI is InChI=1S/C11H9FN2O2/c12-9-3-1-8(2-4-9)11(15)13-7-10-5-6-16-14-10/h1-6H,7H2,(H,13,15). The maximum Gasteiger partial charge on any atom is 0.251 e. The zero-order chi connectivity index (χ0) is 11.4. The number of benzene rings is 1. The van der Waals surface area contributed by atoms with E-state index >= 15 is 0 Å². The second-order valence-corrected chi connectivity index (χ2v) is 3.18. The molecule has 2 rings (SSSR count). The molecule has 16 heavy (non-hydrogen) atoms. The molecule has 1 amide bonds. The number of nitrogens with one attached hydrogen (secondary N) is 1. The van der Waals surface area contributed by atoms with Crippen LogP contribution in [0.5, 0.6) is 0 Å². The number of carbonyl (C=O) groups is 1. The van der Waals surface area contributed by atoms with Gasteiger partial charge in [0.05, 0.1) is 6.54 Å². The van der Waals surface area contributed by atoms with Crippen LogP contribution in [0, 0.1) is 5.82 Å². The normalized spacial score (nSPS) is 10.1. The molecule has 0 bridgehead atoms. The van der Waals surface area contributed by atoms with Gasteiger partial charge in [0.15, 0.2) is 0 Å². The van der Waals surface area contributed by atoms with Crippen molar-refractivity contribution in [1.82, 2.24) is 10.5 Å². The lowest BCUT2D eigenvalue weighted by molar-refractivity contribution is 0.0950. The van der Waals surface area contributed by atoms with E-state index in [1.54, 1.807) is 6.07 Å². The minimum Gasteiger partial charge on any atom is -0.364 e. The van der Waals surface area contributed by atoms with Crippen LogP contribution in [0.3, 0.4) is 0 Å². The fourth-order valence-corrected chi connectivity index (χ4v) is 1.20. The molecule has 0 saturated carbocycles. The predicted molar refractivity (Wildman–Crippen MR) is 54.1 cm³/mol. The van der Waals surface area contributed by atoms with Crippen molar-refractivity contribution in [3.05, 3.63) is 53.7 Å². The van der Waals surface area contributed by atoms with Crippen LogP contribution in [0.25, 0.3) is 0 Å². The van der Waals surface area contributed by atoms with E-state index in [1.165, 1.54) is 30.5 Å². The van der Waals surface area contributed by atoms with Crippen LogP contribution < -0.4 is 5.32 Å². The molecule has 0 radical (unpaired) electrons. The molecular formula is C11H9FN2O2.